The molecule has 0 bridgehead atoms. The number of ether oxygens (including phenoxy) is 1. The summed E-state index contributed by atoms with van der Waals surface area (Å²) in [7, 11) is 3.57. The lowest BCUT2D eigenvalue weighted by Gasteiger charge is -2.19. The molecule has 1 heterocycles. The van der Waals surface area contributed by atoms with E-state index in [0.29, 0.717) is 17.8 Å². The van der Waals surface area contributed by atoms with Crippen LogP contribution in [0.15, 0.2) is 6.07 Å². The van der Waals surface area contributed by atoms with E-state index in [-0.39, 0.29) is 0 Å². The van der Waals surface area contributed by atoms with E-state index in [0.717, 1.165) is 11.5 Å². The number of aromatic nitrogens is 2. The molecule has 0 aromatic carbocycles. The largest absolute Gasteiger partial charge is 0.481 e. The summed E-state index contributed by atoms with van der Waals surface area (Å²) in [5.74, 6) is 1.72. The summed E-state index contributed by atoms with van der Waals surface area (Å²) in [5.41, 5.74) is 1.02. The van der Waals surface area contributed by atoms with Crippen molar-refractivity contribution >= 4 is 0 Å². The molecule has 0 fully saturated rings. The Kier molecular flexibility index (Phi) is 4.03. The average Bonchev–Trinajstić information content (AvgIpc) is 2.26. The van der Waals surface area contributed by atoms with Crippen LogP contribution in [-0.4, -0.2) is 30.2 Å². The van der Waals surface area contributed by atoms with Crippen molar-refractivity contribution in [3.8, 4) is 5.88 Å². The number of rotatable bonds is 4. The minimum absolute atomic E-state index is 0.339. The maximum atomic E-state index is 5.13. The second kappa shape index (κ2) is 5.07. The van der Waals surface area contributed by atoms with E-state index in [4.69, 9.17) is 4.74 Å². The molecule has 0 amide bonds. The van der Waals surface area contributed by atoms with Gasteiger partial charge in [0.1, 0.15) is 5.82 Å². The average molecular weight is 209 g/mol. The molecule has 0 aliphatic rings. The first-order chi connectivity index (χ1) is 7.08. The Morgan fingerprint density at radius 3 is 2.53 bits per heavy atom. The Morgan fingerprint density at radius 1 is 1.33 bits per heavy atom. The van der Waals surface area contributed by atoms with Crippen molar-refractivity contribution in [3.05, 3.63) is 17.6 Å². The Morgan fingerprint density at radius 2 is 2.00 bits per heavy atom. The van der Waals surface area contributed by atoms with Gasteiger partial charge < -0.3 is 10.1 Å². The highest BCUT2D eigenvalue weighted by Crippen LogP contribution is 2.20. The van der Waals surface area contributed by atoms with E-state index >= 15 is 0 Å². The van der Waals surface area contributed by atoms with Crippen LogP contribution < -0.4 is 10.1 Å². The van der Waals surface area contributed by atoms with Crippen molar-refractivity contribution in [2.24, 2.45) is 0 Å². The van der Waals surface area contributed by atoms with E-state index in [1.54, 1.807) is 7.11 Å². The van der Waals surface area contributed by atoms with Crippen molar-refractivity contribution in [2.75, 3.05) is 14.2 Å². The Balaban J connectivity index is 2.97. The summed E-state index contributed by atoms with van der Waals surface area (Å²) in [6.07, 6.45) is 0. The molecule has 2 atom stereocenters. The molecule has 15 heavy (non-hydrogen) atoms. The first-order valence-electron chi connectivity index (χ1n) is 5.15. The third-order valence-corrected chi connectivity index (χ3v) is 2.72. The predicted molar refractivity (Wildman–Crippen MR) is 60.3 cm³/mol. The van der Waals surface area contributed by atoms with Gasteiger partial charge in [-0.15, -0.1) is 0 Å². The molecule has 0 aliphatic heterocycles. The second-order valence-electron chi connectivity index (χ2n) is 3.75. The molecule has 84 valence electrons. The summed E-state index contributed by atoms with van der Waals surface area (Å²) >= 11 is 0. The fourth-order valence-electron chi connectivity index (χ4n) is 1.41. The van der Waals surface area contributed by atoms with Gasteiger partial charge in [-0.1, -0.05) is 6.92 Å². The highest BCUT2D eigenvalue weighted by atomic mass is 16.5. The number of methoxy groups -OCH3 is 1. The number of aryl methyl sites for hydroxylation is 1. The third kappa shape index (κ3) is 2.89. The van der Waals surface area contributed by atoms with E-state index in [9.17, 15) is 0 Å². The number of hydrogen-bond acceptors (Lipinski definition) is 4. The molecule has 2 unspecified atom stereocenters. The zero-order valence-corrected chi connectivity index (χ0v) is 10.0. The van der Waals surface area contributed by atoms with Crippen molar-refractivity contribution in [1.82, 2.24) is 15.3 Å². The van der Waals surface area contributed by atoms with Gasteiger partial charge in [0, 0.05) is 18.0 Å². The van der Waals surface area contributed by atoms with Crippen LogP contribution in [0.1, 0.15) is 31.3 Å². The number of nitrogens with one attached hydrogen (secondary N) is 1. The van der Waals surface area contributed by atoms with Crippen LogP contribution in [0.2, 0.25) is 0 Å². The fourth-order valence-corrected chi connectivity index (χ4v) is 1.41. The van der Waals surface area contributed by atoms with Crippen LogP contribution in [0, 0.1) is 6.92 Å². The summed E-state index contributed by atoms with van der Waals surface area (Å²) in [5, 5.41) is 3.22. The van der Waals surface area contributed by atoms with Gasteiger partial charge in [-0.05, 0) is 20.9 Å². The molecule has 0 aliphatic carbocycles. The highest BCUT2D eigenvalue weighted by Gasteiger charge is 2.15. The van der Waals surface area contributed by atoms with Crippen LogP contribution in [0.25, 0.3) is 0 Å². The molecule has 0 saturated carbocycles. The lowest BCUT2D eigenvalue weighted by molar-refractivity contribution is 0.392. The van der Waals surface area contributed by atoms with Gasteiger partial charge in [-0.25, -0.2) is 4.98 Å². The summed E-state index contributed by atoms with van der Waals surface area (Å²) in [6.45, 7) is 6.15. The summed E-state index contributed by atoms with van der Waals surface area (Å²) < 4.78 is 5.13. The topological polar surface area (TPSA) is 47.0 Å². The van der Waals surface area contributed by atoms with Gasteiger partial charge in [-0.2, -0.15) is 4.98 Å². The summed E-state index contributed by atoms with van der Waals surface area (Å²) in [6, 6.07) is 2.27. The first kappa shape index (κ1) is 11.9. The van der Waals surface area contributed by atoms with Crippen molar-refractivity contribution < 1.29 is 4.74 Å². The Labute approximate surface area is 91.1 Å². The van der Waals surface area contributed by atoms with E-state index in [1.807, 2.05) is 20.0 Å². The second-order valence-corrected chi connectivity index (χ2v) is 3.75. The molecule has 0 saturated heterocycles. The van der Waals surface area contributed by atoms with Gasteiger partial charge >= 0.3 is 0 Å². The van der Waals surface area contributed by atoms with Gasteiger partial charge in [0.25, 0.3) is 0 Å². The van der Waals surface area contributed by atoms with Crippen molar-refractivity contribution in [2.45, 2.75) is 32.7 Å². The Hall–Kier alpha value is -1.16. The highest BCUT2D eigenvalue weighted by molar-refractivity contribution is 5.19. The van der Waals surface area contributed by atoms with Gasteiger partial charge in [0.05, 0.1) is 12.8 Å². The van der Waals surface area contributed by atoms with Crippen LogP contribution in [0.5, 0.6) is 5.88 Å². The van der Waals surface area contributed by atoms with Crippen molar-refractivity contribution in [3.63, 3.8) is 0 Å². The van der Waals surface area contributed by atoms with E-state index in [1.165, 1.54) is 0 Å². The minimum Gasteiger partial charge on any atom is -0.481 e. The zero-order valence-electron chi connectivity index (χ0n) is 10.0. The molecule has 1 aromatic rings. The standard InChI is InChI=1S/C11H19N3O/c1-7(8(2)12-4)10-6-11(15-5)14-9(3)13-10/h6-8,12H,1-5H3. The predicted octanol–water partition coefficient (Wildman–Crippen LogP) is 1.51. The monoisotopic (exact) mass is 209 g/mol. The summed E-state index contributed by atoms with van der Waals surface area (Å²) in [4.78, 5) is 8.59. The van der Waals surface area contributed by atoms with Crippen LogP contribution in [0.3, 0.4) is 0 Å². The molecule has 1 rings (SSSR count). The molecular formula is C11H19N3O. The maximum absolute atomic E-state index is 5.13. The van der Waals surface area contributed by atoms with Crippen LogP contribution in [0.4, 0.5) is 0 Å². The number of hydrogen-bond donors (Lipinski definition) is 1. The van der Waals surface area contributed by atoms with E-state index in [2.05, 4.69) is 29.1 Å². The maximum Gasteiger partial charge on any atom is 0.216 e. The van der Waals surface area contributed by atoms with Crippen molar-refractivity contribution in [1.29, 1.82) is 0 Å². The quantitative estimate of drug-likeness (QED) is 0.816. The zero-order chi connectivity index (χ0) is 11.4. The smallest absolute Gasteiger partial charge is 0.216 e. The molecule has 1 N–H and O–H groups in total. The minimum atomic E-state index is 0.339. The molecule has 4 heteroatoms. The molecule has 0 spiro atoms. The van der Waals surface area contributed by atoms with Crippen LogP contribution in [-0.2, 0) is 0 Å². The van der Waals surface area contributed by atoms with Gasteiger partial charge in [0.15, 0.2) is 0 Å². The van der Waals surface area contributed by atoms with Gasteiger partial charge in [0.2, 0.25) is 5.88 Å². The lowest BCUT2D eigenvalue weighted by Crippen LogP contribution is -2.27. The molecule has 4 nitrogen and oxygen atoms in total. The van der Waals surface area contributed by atoms with Gasteiger partial charge in [-0.3, -0.25) is 0 Å². The van der Waals surface area contributed by atoms with Crippen LogP contribution >= 0.6 is 0 Å². The SMILES string of the molecule is CNC(C)C(C)c1cc(OC)nc(C)n1. The fraction of sp³-hybridized carbons (Fsp3) is 0.636. The normalized spacial score (nSPS) is 14.7. The van der Waals surface area contributed by atoms with E-state index < -0.39 is 0 Å². The molecule has 1 aromatic heterocycles. The molecule has 0 radical (unpaired) electrons. The number of nitrogens with zero attached hydrogens (tertiary/aromatic N) is 2. The lowest BCUT2D eigenvalue weighted by atomic mass is 9.99. The molecular weight excluding hydrogens is 190 g/mol. The third-order valence-electron chi connectivity index (χ3n) is 2.72. The first-order valence-corrected chi connectivity index (χ1v) is 5.15. The number of likely N-dealkylation sites (N-methyl/N-ethyl adjacent to an activating group) is 1. The Bertz CT molecular complexity index is 328.